The number of carbonyl (C=O) groups excluding carboxylic acids is 1. The lowest BCUT2D eigenvalue weighted by molar-refractivity contribution is 0.102. The molecule has 30 heavy (non-hydrogen) atoms. The van der Waals surface area contributed by atoms with Crippen molar-refractivity contribution in [1.82, 2.24) is 4.90 Å². The van der Waals surface area contributed by atoms with Crippen LogP contribution in [0.5, 0.6) is 17.2 Å². The Kier molecular flexibility index (Phi) is 5.39. The third-order valence-electron chi connectivity index (χ3n) is 4.98. The maximum absolute atomic E-state index is 12.7. The Balaban J connectivity index is 1.68. The molecule has 152 valence electrons. The second kappa shape index (κ2) is 8.29. The molecule has 6 heteroatoms. The number of para-hydroxylation sites is 2. The number of amidine groups is 1. The summed E-state index contributed by atoms with van der Waals surface area (Å²) in [5, 5.41) is 2.96. The summed E-state index contributed by atoms with van der Waals surface area (Å²) < 4.78 is 11.3. The maximum Gasteiger partial charge on any atom is 0.255 e. The molecule has 1 amide bonds. The molecule has 3 aromatic carbocycles. The fourth-order valence-electron chi connectivity index (χ4n) is 3.19. The normalized spacial score (nSPS) is 11.9. The molecule has 0 aromatic heterocycles. The average Bonchev–Trinajstić information content (AvgIpc) is 2.95. The van der Waals surface area contributed by atoms with E-state index in [2.05, 4.69) is 17.1 Å². The minimum absolute atomic E-state index is 0.197. The van der Waals surface area contributed by atoms with Crippen LogP contribution in [-0.2, 0) is 0 Å². The molecule has 1 aliphatic rings. The number of nitrogens with zero attached hydrogens (tertiary/aromatic N) is 2. The summed E-state index contributed by atoms with van der Waals surface area (Å²) in [6, 6.07) is 20.3. The molecule has 0 fully saturated rings. The molecule has 0 bridgehead atoms. The summed E-state index contributed by atoms with van der Waals surface area (Å²) in [7, 11) is 3.58. The predicted molar refractivity (Wildman–Crippen MR) is 118 cm³/mol. The van der Waals surface area contributed by atoms with Crippen LogP contribution in [0.3, 0.4) is 0 Å². The topological polar surface area (TPSA) is 63.2 Å². The van der Waals surface area contributed by atoms with E-state index >= 15 is 0 Å². The lowest BCUT2D eigenvalue weighted by Crippen LogP contribution is -2.27. The molecule has 0 aliphatic carbocycles. The fraction of sp³-hybridized carbons (Fsp3) is 0.167. The molecule has 0 radical (unpaired) electrons. The van der Waals surface area contributed by atoms with Crippen LogP contribution in [0, 0.1) is 0 Å². The van der Waals surface area contributed by atoms with Gasteiger partial charge in [-0.3, -0.25) is 4.79 Å². The van der Waals surface area contributed by atoms with Crippen LogP contribution in [0.1, 0.15) is 22.8 Å². The second-order valence-electron chi connectivity index (χ2n) is 6.91. The van der Waals surface area contributed by atoms with Crippen molar-refractivity contribution in [2.75, 3.05) is 26.0 Å². The van der Waals surface area contributed by atoms with Crippen LogP contribution in [0.25, 0.3) is 0 Å². The summed E-state index contributed by atoms with van der Waals surface area (Å²) in [5.41, 5.74) is 2.81. The van der Waals surface area contributed by atoms with Gasteiger partial charge >= 0.3 is 0 Å². The van der Waals surface area contributed by atoms with E-state index in [1.54, 1.807) is 31.4 Å². The van der Waals surface area contributed by atoms with Gasteiger partial charge in [0.05, 0.1) is 12.7 Å². The van der Waals surface area contributed by atoms with Crippen LogP contribution < -0.4 is 14.8 Å². The number of methoxy groups -OCH3 is 1. The van der Waals surface area contributed by atoms with Gasteiger partial charge in [0.2, 0.25) is 0 Å². The van der Waals surface area contributed by atoms with Crippen molar-refractivity contribution in [2.24, 2.45) is 4.99 Å². The van der Waals surface area contributed by atoms with Crippen molar-refractivity contribution >= 4 is 23.1 Å². The molecular formula is C24H23N3O3. The molecule has 4 rings (SSSR count). The first-order chi connectivity index (χ1) is 14.6. The molecule has 0 atom stereocenters. The standard InChI is InChI=1S/C24H23N3O3/c1-4-27(2)23-19-15-17(25-24(28)16-9-12-18(29-3)13-10-16)11-14-21(19)30-22-8-6-5-7-20(22)26-23/h5-15H,4H2,1-3H3,(H,25,28). The third kappa shape index (κ3) is 3.85. The van der Waals surface area contributed by atoms with Gasteiger partial charge in [-0.15, -0.1) is 0 Å². The number of rotatable bonds is 4. The number of ether oxygens (including phenoxy) is 2. The van der Waals surface area contributed by atoms with Gasteiger partial charge in [0, 0.05) is 24.8 Å². The van der Waals surface area contributed by atoms with Crippen molar-refractivity contribution in [1.29, 1.82) is 0 Å². The zero-order valence-corrected chi connectivity index (χ0v) is 17.2. The van der Waals surface area contributed by atoms with Gasteiger partial charge in [-0.1, -0.05) is 12.1 Å². The predicted octanol–water partition coefficient (Wildman–Crippen LogP) is 5.08. The fourth-order valence-corrected chi connectivity index (χ4v) is 3.19. The molecule has 1 heterocycles. The summed E-state index contributed by atoms with van der Waals surface area (Å²) in [6.07, 6.45) is 0. The van der Waals surface area contributed by atoms with E-state index in [-0.39, 0.29) is 5.91 Å². The number of nitrogens with one attached hydrogen (secondary N) is 1. The van der Waals surface area contributed by atoms with Crippen LogP contribution in [0.15, 0.2) is 71.7 Å². The lowest BCUT2D eigenvalue weighted by atomic mass is 10.1. The number of hydrogen-bond acceptors (Lipinski definition) is 5. The third-order valence-corrected chi connectivity index (χ3v) is 4.98. The summed E-state index contributed by atoms with van der Waals surface area (Å²) in [6.45, 7) is 2.85. The highest BCUT2D eigenvalue weighted by Crippen LogP contribution is 2.38. The van der Waals surface area contributed by atoms with Crippen LogP contribution in [-0.4, -0.2) is 37.3 Å². The zero-order chi connectivity index (χ0) is 21.1. The minimum atomic E-state index is -0.197. The molecule has 0 spiro atoms. The number of anilines is 1. The number of fused-ring (bicyclic) bond motifs is 2. The molecule has 6 nitrogen and oxygen atoms in total. The lowest BCUT2D eigenvalue weighted by Gasteiger charge is -2.20. The quantitative estimate of drug-likeness (QED) is 0.662. The Labute approximate surface area is 175 Å². The van der Waals surface area contributed by atoms with Crippen LogP contribution in [0.4, 0.5) is 11.4 Å². The van der Waals surface area contributed by atoms with E-state index in [0.717, 1.165) is 23.6 Å². The van der Waals surface area contributed by atoms with Crippen molar-refractivity contribution in [3.8, 4) is 17.2 Å². The molecule has 0 saturated heterocycles. The average molecular weight is 401 g/mol. The van der Waals surface area contributed by atoms with Crippen LogP contribution >= 0.6 is 0 Å². The number of benzene rings is 3. The molecule has 1 aliphatic heterocycles. The van der Waals surface area contributed by atoms with E-state index in [1.165, 1.54) is 0 Å². The summed E-state index contributed by atoms with van der Waals surface area (Å²) >= 11 is 0. The smallest absolute Gasteiger partial charge is 0.255 e. The molecular weight excluding hydrogens is 378 g/mol. The molecule has 0 saturated carbocycles. The van der Waals surface area contributed by atoms with Crippen molar-refractivity contribution in [2.45, 2.75) is 6.92 Å². The van der Waals surface area contributed by atoms with Crippen molar-refractivity contribution in [3.05, 3.63) is 77.9 Å². The van der Waals surface area contributed by atoms with E-state index in [1.807, 2.05) is 49.5 Å². The highest BCUT2D eigenvalue weighted by atomic mass is 16.5. The Morgan fingerprint density at radius 3 is 2.57 bits per heavy atom. The van der Waals surface area contributed by atoms with Gasteiger partial charge in [0.15, 0.2) is 5.75 Å². The molecule has 0 unspecified atom stereocenters. The first kappa shape index (κ1) is 19.5. The largest absolute Gasteiger partial charge is 0.497 e. The van der Waals surface area contributed by atoms with E-state index in [0.29, 0.717) is 28.5 Å². The van der Waals surface area contributed by atoms with E-state index in [9.17, 15) is 4.79 Å². The SMILES string of the molecule is CCN(C)C1=Nc2ccccc2Oc2ccc(NC(=O)c3ccc(OC)cc3)cc21. The summed E-state index contributed by atoms with van der Waals surface area (Å²) in [4.78, 5) is 19.6. The van der Waals surface area contributed by atoms with E-state index in [4.69, 9.17) is 14.5 Å². The maximum atomic E-state index is 12.7. The van der Waals surface area contributed by atoms with Gasteiger partial charge in [-0.2, -0.15) is 0 Å². The minimum Gasteiger partial charge on any atom is -0.497 e. The Morgan fingerprint density at radius 2 is 1.83 bits per heavy atom. The highest BCUT2D eigenvalue weighted by molar-refractivity contribution is 6.07. The first-order valence-electron chi connectivity index (χ1n) is 9.75. The van der Waals surface area contributed by atoms with Gasteiger partial charge in [0.1, 0.15) is 23.0 Å². The summed E-state index contributed by atoms with van der Waals surface area (Å²) in [5.74, 6) is 2.70. The monoisotopic (exact) mass is 401 g/mol. The number of hydrogen-bond donors (Lipinski definition) is 1. The van der Waals surface area contributed by atoms with Crippen molar-refractivity contribution in [3.63, 3.8) is 0 Å². The number of amides is 1. The van der Waals surface area contributed by atoms with Gasteiger partial charge in [-0.05, 0) is 61.5 Å². The van der Waals surface area contributed by atoms with Gasteiger partial charge in [-0.25, -0.2) is 4.99 Å². The Bertz CT molecular complexity index is 1110. The van der Waals surface area contributed by atoms with Gasteiger partial charge < -0.3 is 19.7 Å². The van der Waals surface area contributed by atoms with E-state index < -0.39 is 0 Å². The molecule has 3 aromatic rings. The first-order valence-corrected chi connectivity index (χ1v) is 9.75. The Morgan fingerprint density at radius 1 is 1.07 bits per heavy atom. The molecule has 1 N–H and O–H groups in total. The van der Waals surface area contributed by atoms with Crippen molar-refractivity contribution < 1.29 is 14.3 Å². The number of carbonyl (C=O) groups is 1. The number of aliphatic imine (C=N–C) groups is 1. The second-order valence-corrected chi connectivity index (χ2v) is 6.91. The zero-order valence-electron chi connectivity index (χ0n) is 17.2. The Hall–Kier alpha value is -3.80. The van der Waals surface area contributed by atoms with Crippen LogP contribution in [0.2, 0.25) is 0 Å². The van der Waals surface area contributed by atoms with Gasteiger partial charge in [0.25, 0.3) is 5.91 Å². The highest BCUT2D eigenvalue weighted by Gasteiger charge is 2.21.